The molecule has 0 aliphatic carbocycles. The summed E-state index contributed by atoms with van der Waals surface area (Å²) in [7, 11) is 0. The van der Waals surface area contributed by atoms with E-state index in [4.69, 9.17) is 4.74 Å². The second-order valence-electron chi connectivity index (χ2n) is 4.67. The van der Waals surface area contributed by atoms with Gasteiger partial charge in [-0.3, -0.25) is 0 Å². The lowest BCUT2D eigenvalue weighted by molar-refractivity contribution is 0.0115. The fourth-order valence-corrected chi connectivity index (χ4v) is 2.61. The van der Waals surface area contributed by atoms with E-state index in [1.807, 2.05) is 6.07 Å². The molecule has 1 aliphatic rings. The van der Waals surface area contributed by atoms with Crippen molar-refractivity contribution in [1.82, 2.24) is 5.32 Å². The van der Waals surface area contributed by atoms with Gasteiger partial charge in [0, 0.05) is 13.2 Å². The summed E-state index contributed by atoms with van der Waals surface area (Å²) in [6.45, 7) is 2.50. The lowest BCUT2D eigenvalue weighted by atomic mass is 10.1. The molecule has 1 heterocycles. The first-order chi connectivity index (χ1) is 8.77. The van der Waals surface area contributed by atoms with Crippen molar-refractivity contribution in [3.05, 3.63) is 34.1 Å². The predicted molar refractivity (Wildman–Crippen MR) is 74.0 cm³/mol. The first-order valence-corrected chi connectivity index (χ1v) is 7.32. The average molecular weight is 316 g/mol. The number of hydrogen-bond donors (Lipinski definition) is 1. The van der Waals surface area contributed by atoms with Crippen molar-refractivity contribution < 1.29 is 9.13 Å². The molecule has 0 amide bonds. The molecule has 2 nitrogen and oxygen atoms in total. The molecule has 1 aliphatic heterocycles. The molecule has 18 heavy (non-hydrogen) atoms. The fourth-order valence-electron chi connectivity index (χ4n) is 2.21. The molecule has 100 valence electrons. The van der Waals surface area contributed by atoms with E-state index in [1.165, 1.54) is 25.3 Å². The van der Waals surface area contributed by atoms with Crippen molar-refractivity contribution in [2.24, 2.45) is 0 Å². The van der Waals surface area contributed by atoms with Crippen LogP contribution in [0.4, 0.5) is 4.39 Å². The molecule has 1 aromatic carbocycles. The lowest BCUT2D eigenvalue weighted by Gasteiger charge is -2.22. The van der Waals surface area contributed by atoms with E-state index >= 15 is 0 Å². The Morgan fingerprint density at radius 3 is 3.06 bits per heavy atom. The standard InChI is InChI=1S/C14H19BrFNO/c15-14-11(4-3-6-13(14)16)10-17-8-7-12-5-1-2-9-18-12/h3-4,6,12,17H,1-2,5,7-10H2. The molecular weight excluding hydrogens is 297 g/mol. The van der Waals surface area contributed by atoms with E-state index < -0.39 is 0 Å². The van der Waals surface area contributed by atoms with Crippen LogP contribution in [-0.4, -0.2) is 19.3 Å². The van der Waals surface area contributed by atoms with Crippen LogP contribution in [-0.2, 0) is 11.3 Å². The topological polar surface area (TPSA) is 21.3 Å². The molecule has 1 aromatic rings. The van der Waals surface area contributed by atoms with Gasteiger partial charge in [-0.1, -0.05) is 12.1 Å². The smallest absolute Gasteiger partial charge is 0.137 e. The highest BCUT2D eigenvalue weighted by Crippen LogP contribution is 2.20. The second kappa shape index (κ2) is 7.22. The summed E-state index contributed by atoms with van der Waals surface area (Å²) in [5, 5.41) is 3.34. The molecule has 0 spiro atoms. The Bertz CT molecular complexity index is 380. The van der Waals surface area contributed by atoms with E-state index in [9.17, 15) is 4.39 Å². The van der Waals surface area contributed by atoms with Gasteiger partial charge in [0.25, 0.3) is 0 Å². The quantitative estimate of drug-likeness (QED) is 0.838. The second-order valence-corrected chi connectivity index (χ2v) is 5.46. The van der Waals surface area contributed by atoms with Crippen LogP contribution in [0.1, 0.15) is 31.2 Å². The van der Waals surface area contributed by atoms with Gasteiger partial charge in [0.15, 0.2) is 0 Å². The third-order valence-corrected chi connectivity index (χ3v) is 4.15. The first kappa shape index (κ1) is 14.0. The van der Waals surface area contributed by atoms with Gasteiger partial charge in [0.2, 0.25) is 0 Å². The van der Waals surface area contributed by atoms with Gasteiger partial charge < -0.3 is 10.1 Å². The van der Waals surface area contributed by atoms with Crippen molar-refractivity contribution in [3.63, 3.8) is 0 Å². The minimum absolute atomic E-state index is 0.204. The maximum absolute atomic E-state index is 13.3. The maximum atomic E-state index is 13.3. The Hall–Kier alpha value is -0.450. The maximum Gasteiger partial charge on any atom is 0.137 e. The van der Waals surface area contributed by atoms with Crippen molar-refractivity contribution >= 4 is 15.9 Å². The number of halogens is 2. The Morgan fingerprint density at radius 2 is 2.28 bits per heavy atom. The Morgan fingerprint density at radius 1 is 1.39 bits per heavy atom. The Kier molecular flexibility index (Phi) is 5.60. The van der Waals surface area contributed by atoms with Gasteiger partial charge >= 0.3 is 0 Å². The van der Waals surface area contributed by atoms with Crippen LogP contribution in [0.25, 0.3) is 0 Å². The number of rotatable bonds is 5. The van der Waals surface area contributed by atoms with E-state index in [-0.39, 0.29) is 5.82 Å². The molecule has 1 atom stereocenters. The van der Waals surface area contributed by atoms with Gasteiger partial charge in [-0.05, 0) is 59.8 Å². The summed E-state index contributed by atoms with van der Waals surface area (Å²) in [6.07, 6.45) is 5.08. The van der Waals surface area contributed by atoms with E-state index in [0.29, 0.717) is 17.1 Å². The highest BCUT2D eigenvalue weighted by Gasteiger charge is 2.13. The van der Waals surface area contributed by atoms with Gasteiger partial charge in [-0.25, -0.2) is 4.39 Å². The molecule has 1 saturated heterocycles. The molecule has 1 N–H and O–H groups in total. The number of nitrogens with one attached hydrogen (secondary N) is 1. The van der Waals surface area contributed by atoms with Crippen LogP contribution < -0.4 is 5.32 Å². The zero-order chi connectivity index (χ0) is 12.8. The number of hydrogen-bond acceptors (Lipinski definition) is 2. The summed E-state index contributed by atoms with van der Waals surface area (Å²) < 4.78 is 19.5. The Labute approximate surface area is 116 Å². The van der Waals surface area contributed by atoms with Crippen LogP contribution in [0.15, 0.2) is 22.7 Å². The molecular formula is C14H19BrFNO. The first-order valence-electron chi connectivity index (χ1n) is 6.52. The van der Waals surface area contributed by atoms with Crippen LogP contribution in [0.5, 0.6) is 0 Å². The third kappa shape index (κ3) is 4.04. The predicted octanol–water partition coefficient (Wildman–Crippen LogP) is 3.64. The zero-order valence-electron chi connectivity index (χ0n) is 10.4. The van der Waals surface area contributed by atoms with E-state index in [2.05, 4.69) is 21.2 Å². The molecule has 4 heteroatoms. The minimum atomic E-state index is -0.204. The SMILES string of the molecule is Fc1cccc(CNCCC2CCCCO2)c1Br. The number of benzene rings is 1. The average Bonchev–Trinajstić information content (AvgIpc) is 2.40. The molecule has 0 bridgehead atoms. The summed E-state index contributed by atoms with van der Waals surface area (Å²) in [6, 6.07) is 5.13. The van der Waals surface area contributed by atoms with Crippen LogP contribution in [0.2, 0.25) is 0 Å². The number of ether oxygens (including phenoxy) is 1. The summed E-state index contributed by atoms with van der Waals surface area (Å²) in [5.74, 6) is -0.204. The van der Waals surface area contributed by atoms with Crippen molar-refractivity contribution in [3.8, 4) is 0 Å². The van der Waals surface area contributed by atoms with E-state index in [1.54, 1.807) is 6.07 Å². The van der Waals surface area contributed by atoms with Gasteiger partial charge in [-0.2, -0.15) is 0 Å². The van der Waals surface area contributed by atoms with Crippen LogP contribution in [0, 0.1) is 5.82 Å². The molecule has 0 aromatic heterocycles. The highest BCUT2D eigenvalue weighted by molar-refractivity contribution is 9.10. The largest absolute Gasteiger partial charge is 0.378 e. The van der Waals surface area contributed by atoms with Crippen LogP contribution in [0.3, 0.4) is 0 Å². The van der Waals surface area contributed by atoms with E-state index in [0.717, 1.165) is 25.1 Å². The molecule has 0 saturated carbocycles. The molecule has 1 fully saturated rings. The molecule has 1 unspecified atom stereocenters. The van der Waals surface area contributed by atoms with Crippen LogP contribution >= 0.6 is 15.9 Å². The van der Waals surface area contributed by atoms with Gasteiger partial charge in [0.05, 0.1) is 10.6 Å². The highest BCUT2D eigenvalue weighted by atomic mass is 79.9. The lowest BCUT2D eigenvalue weighted by Crippen LogP contribution is -2.25. The van der Waals surface area contributed by atoms with Crippen molar-refractivity contribution in [2.45, 2.75) is 38.3 Å². The molecule has 2 rings (SSSR count). The molecule has 0 radical (unpaired) electrons. The zero-order valence-corrected chi connectivity index (χ0v) is 12.0. The minimum Gasteiger partial charge on any atom is -0.378 e. The van der Waals surface area contributed by atoms with Gasteiger partial charge in [0.1, 0.15) is 5.82 Å². The third-order valence-electron chi connectivity index (χ3n) is 3.26. The fraction of sp³-hybridized carbons (Fsp3) is 0.571. The summed E-state index contributed by atoms with van der Waals surface area (Å²) in [4.78, 5) is 0. The van der Waals surface area contributed by atoms with Gasteiger partial charge in [-0.15, -0.1) is 0 Å². The Balaban J connectivity index is 1.70. The van der Waals surface area contributed by atoms with Crippen molar-refractivity contribution in [2.75, 3.05) is 13.2 Å². The normalized spacial score (nSPS) is 20.0. The summed E-state index contributed by atoms with van der Waals surface area (Å²) in [5.41, 5.74) is 0.958. The monoisotopic (exact) mass is 315 g/mol. The summed E-state index contributed by atoms with van der Waals surface area (Å²) >= 11 is 3.27. The van der Waals surface area contributed by atoms with Crippen molar-refractivity contribution in [1.29, 1.82) is 0 Å².